The lowest BCUT2D eigenvalue weighted by Crippen LogP contribution is -2.54. The van der Waals surface area contributed by atoms with Crippen LogP contribution in [0.25, 0.3) is 0 Å². The summed E-state index contributed by atoms with van der Waals surface area (Å²) in [5, 5.41) is 9.39. The summed E-state index contributed by atoms with van der Waals surface area (Å²) < 4.78 is 14.7. The molecule has 0 bridgehead atoms. The lowest BCUT2D eigenvalue weighted by molar-refractivity contribution is -0.130. The number of carbonyl (C=O) groups is 2. The van der Waals surface area contributed by atoms with E-state index in [0.717, 1.165) is 36.0 Å². The maximum absolute atomic E-state index is 13.8. The first-order valence-electron chi connectivity index (χ1n) is 10.8. The highest BCUT2D eigenvalue weighted by Gasteiger charge is 2.52. The number of carbonyl (C=O) groups excluding carboxylic acids is 2. The molecule has 4 rings (SSSR count). The van der Waals surface area contributed by atoms with Crippen molar-refractivity contribution in [3.8, 4) is 0 Å². The molecule has 0 spiro atoms. The molecule has 3 N–H and O–H groups in total. The van der Waals surface area contributed by atoms with Crippen LogP contribution in [0.4, 0.5) is 4.39 Å². The summed E-state index contributed by atoms with van der Waals surface area (Å²) in [7, 11) is 0. The largest absolute Gasteiger partial charge is 0.351 e. The third kappa shape index (κ3) is 5.33. The van der Waals surface area contributed by atoms with Gasteiger partial charge >= 0.3 is 0 Å². The predicted octanol–water partition coefficient (Wildman–Crippen LogP) is 3.22. The van der Waals surface area contributed by atoms with Gasteiger partial charge < -0.3 is 16.0 Å². The van der Waals surface area contributed by atoms with Crippen molar-refractivity contribution in [1.82, 2.24) is 16.0 Å². The van der Waals surface area contributed by atoms with Gasteiger partial charge in [-0.05, 0) is 74.2 Å². The van der Waals surface area contributed by atoms with Gasteiger partial charge in [0.25, 0.3) is 0 Å². The van der Waals surface area contributed by atoms with Crippen LogP contribution >= 0.6 is 15.9 Å². The number of benzene rings is 2. The fourth-order valence-corrected chi connectivity index (χ4v) is 4.45. The van der Waals surface area contributed by atoms with Crippen molar-refractivity contribution >= 4 is 27.7 Å². The average Bonchev–Trinajstić information content (AvgIpc) is 3.58. The third-order valence-electron chi connectivity index (χ3n) is 6.22. The van der Waals surface area contributed by atoms with Crippen molar-refractivity contribution in [3.63, 3.8) is 0 Å². The highest BCUT2D eigenvalue weighted by molar-refractivity contribution is 9.10. The summed E-state index contributed by atoms with van der Waals surface area (Å²) in [6, 6.07) is 13.4. The normalized spacial score (nSPS) is 18.8. The van der Waals surface area contributed by atoms with Gasteiger partial charge in [-0.15, -0.1) is 0 Å². The first-order chi connectivity index (χ1) is 15.0. The zero-order valence-electron chi connectivity index (χ0n) is 17.3. The first kappa shape index (κ1) is 22.0. The minimum Gasteiger partial charge on any atom is -0.351 e. The second-order valence-corrected chi connectivity index (χ2v) is 9.40. The summed E-state index contributed by atoms with van der Waals surface area (Å²) in [6.45, 7) is 1.74. The Morgan fingerprint density at radius 3 is 2.48 bits per heavy atom. The fourth-order valence-electron chi connectivity index (χ4n) is 4.19. The molecule has 31 heavy (non-hydrogen) atoms. The van der Waals surface area contributed by atoms with E-state index in [1.165, 1.54) is 12.1 Å². The van der Waals surface area contributed by atoms with Crippen LogP contribution in [0.5, 0.6) is 0 Å². The molecule has 1 saturated heterocycles. The van der Waals surface area contributed by atoms with Crippen LogP contribution < -0.4 is 16.0 Å². The molecular weight excluding hydrogens is 461 g/mol. The van der Waals surface area contributed by atoms with Crippen molar-refractivity contribution in [3.05, 3.63) is 69.9 Å². The summed E-state index contributed by atoms with van der Waals surface area (Å²) in [5.41, 5.74) is 0.894. The van der Waals surface area contributed by atoms with E-state index in [4.69, 9.17) is 0 Å². The van der Waals surface area contributed by atoms with Gasteiger partial charge in [-0.1, -0.05) is 40.2 Å². The van der Waals surface area contributed by atoms with Crippen molar-refractivity contribution in [2.24, 2.45) is 0 Å². The van der Waals surface area contributed by atoms with Crippen LogP contribution in [-0.2, 0) is 21.4 Å². The Kier molecular flexibility index (Phi) is 6.72. The van der Waals surface area contributed by atoms with E-state index < -0.39 is 11.5 Å². The minimum absolute atomic E-state index is 0.108. The van der Waals surface area contributed by atoms with E-state index in [2.05, 4.69) is 31.9 Å². The molecule has 2 aliphatic rings. The number of rotatable bonds is 7. The Bertz CT molecular complexity index is 940. The molecule has 2 aromatic rings. The standard InChI is InChI=1S/C24H27BrFN3O2/c25-18-6-4-16(5-7-18)14-21(22(30)28-20-8-12-27-13-9-20)29-23(31)24(10-11-24)17-2-1-3-19(26)15-17/h1-7,15,20-21,27H,8-14H2,(H,28,30)(H,29,31)/t21-/m0/s1. The topological polar surface area (TPSA) is 70.2 Å². The highest BCUT2D eigenvalue weighted by atomic mass is 79.9. The summed E-state index contributed by atoms with van der Waals surface area (Å²) in [5.74, 6) is -0.731. The Morgan fingerprint density at radius 2 is 1.84 bits per heavy atom. The first-order valence-corrected chi connectivity index (χ1v) is 11.6. The Morgan fingerprint density at radius 1 is 1.13 bits per heavy atom. The van der Waals surface area contributed by atoms with Gasteiger partial charge in [-0.25, -0.2) is 4.39 Å². The summed E-state index contributed by atoms with van der Waals surface area (Å²) in [6.07, 6.45) is 3.46. The number of halogens is 2. The molecule has 1 heterocycles. The molecule has 1 saturated carbocycles. The van der Waals surface area contributed by atoms with Crippen LogP contribution in [0, 0.1) is 5.82 Å². The quantitative estimate of drug-likeness (QED) is 0.561. The van der Waals surface area contributed by atoms with E-state index in [1.54, 1.807) is 12.1 Å². The molecule has 1 aliphatic carbocycles. The van der Waals surface area contributed by atoms with Crippen LogP contribution in [0.3, 0.4) is 0 Å². The molecule has 5 nitrogen and oxygen atoms in total. The van der Waals surface area contributed by atoms with Gasteiger partial charge in [0.1, 0.15) is 11.9 Å². The Labute approximate surface area is 190 Å². The van der Waals surface area contributed by atoms with E-state index in [9.17, 15) is 14.0 Å². The average molecular weight is 488 g/mol. The van der Waals surface area contributed by atoms with E-state index in [-0.39, 0.29) is 23.7 Å². The van der Waals surface area contributed by atoms with Gasteiger partial charge in [0.15, 0.2) is 0 Å². The molecule has 1 atom stereocenters. The van der Waals surface area contributed by atoms with Crippen molar-refractivity contribution < 1.29 is 14.0 Å². The molecule has 0 aromatic heterocycles. The molecule has 0 unspecified atom stereocenters. The lowest BCUT2D eigenvalue weighted by atomic mass is 9.93. The van der Waals surface area contributed by atoms with Crippen molar-refractivity contribution in [2.75, 3.05) is 13.1 Å². The lowest BCUT2D eigenvalue weighted by Gasteiger charge is -2.27. The van der Waals surface area contributed by atoms with Crippen LogP contribution in [-0.4, -0.2) is 37.0 Å². The second kappa shape index (κ2) is 9.49. The Balaban J connectivity index is 1.51. The van der Waals surface area contributed by atoms with Gasteiger partial charge in [0.2, 0.25) is 11.8 Å². The number of hydrogen-bond donors (Lipinski definition) is 3. The summed E-state index contributed by atoms with van der Waals surface area (Å²) >= 11 is 3.43. The number of amides is 2. The highest BCUT2D eigenvalue weighted by Crippen LogP contribution is 2.48. The molecule has 1 aliphatic heterocycles. The van der Waals surface area contributed by atoms with Gasteiger partial charge in [-0.2, -0.15) is 0 Å². The zero-order valence-corrected chi connectivity index (χ0v) is 18.9. The third-order valence-corrected chi connectivity index (χ3v) is 6.75. The molecule has 2 fully saturated rings. The predicted molar refractivity (Wildman–Crippen MR) is 121 cm³/mol. The second-order valence-electron chi connectivity index (χ2n) is 8.48. The SMILES string of the molecule is O=C(NC1CCNCC1)[C@H](Cc1ccc(Br)cc1)NC(=O)C1(c2cccc(F)c2)CC1. The van der Waals surface area contributed by atoms with Gasteiger partial charge in [-0.3, -0.25) is 9.59 Å². The van der Waals surface area contributed by atoms with Crippen molar-refractivity contribution in [1.29, 1.82) is 0 Å². The molecule has 7 heteroatoms. The molecule has 0 radical (unpaired) electrons. The zero-order chi connectivity index (χ0) is 21.8. The number of hydrogen-bond acceptors (Lipinski definition) is 3. The molecular formula is C24H27BrFN3O2. The molecule has 2 aromatic carbocycles. The maximum Gasteiger partial charge on any atom is 0.243 e. The van der Waals surface area contributed by atoms with Crippen LogP contribution in [0.2, 0.25) is 0 Å². The monoisotopic (exact) mass is 487 g/mol. The summed E-state index contributed by atoms with van der Waals surface area (Å²) in [4.78, 5) is 26.4. The molecule has 164 valence electrons. The fraction of sp³-hybridized carbons (Fsp3) is 0.417. The van der Waals surface area contributed by atoms with Crippen LogP contribution in [0.15, 0.2) is 53.0 Å². The van der Waals surface area contributed by atoms with Crippen LogP contribution in [0.1, 0.15) is 36.8 Å². The smallest absolute Gasteiger partial charge is 0.243 e. The Hall–Kier alpha value is -2.25. The van der Waals surface area contributed by atoms with Gasteiger partial charge in [0, 0.05) is 16.9 Å². The number of piperidine rings is 1. The van der Waals surface area contributed by atoms with E-state index in [1.807, 2.05) is 24.3 Å². The number of nitrogens with one attached hydrogen (secondary N) is 3. The van der Waals surface area contributed by atoms with Crippen molar-refractivity contribution in [2.45, 2.75) is 49.6 Å². The van der Waals surface area contributed by atoms with Gasteiger partial charge in [0.05, 0.1) is 5.41 Å². The minimum atomic E-state index is -0.741. The maximum atomic E-state index is 13.8. The van der Waals surface area contributed by atoms with E-state index >= 15 is 0 Å². The van der Waals surface area contributed by atoms with E-state index in [0.29, 0.717) is 24.8 Å². The molecule has 2 amide bonds.